The average molecular weight is 356 g/mol. The van der Waals surface area contributed by atoms with Crippen LogP contribution in [0.5, 0.6) is 0 Å². The minimum Gasteiger partial charge on any atom is -0.377 e. The summed E-state index contributed by atoms with van der Waals surface area (Å²) in [7, 11) is 1.90. The molecular weight excluding hydrogens is 322 g/mol. The van der Waals surface area contributed by atoms with Crippen LogP contribution < -0.4 is 5.32 Å². The lowest BCUT2D eigenvalue weighted by molar-refractivity contribution is 0.153. The molecule has 0 radical (unpaired) electrons. The Bertz CT molecular complexity index is 611. The molecule has 0 aromatic heterocycles. The Hall–Kier alpha value is -1.81. The zero-order valence-corrected chi connectivity index (χ0v) is 16.3. The van der Waals surface area contributed by atoms with E-state index in [1.54, 1.807) is 0 Å². The smallest absolute Gasteiger partial charge is 0.193 e. The molecule has 1 aromatic carbocycles. The van der Waals surface area contributed by atoms with Gasteiger partial charge in [0, 0.05) is 26.7 Å². The topological polar surface area (TPSA) is 36.9 Å². The second-order valence-electron chi connectivity index (χ2n) is 7.33. The number of nitrogens with one attached hydrogen (secondary N) is 1. The maximum atomic E-state index is 5.39. The predicted molar refractivity (Wildman–Crippen MR) is 109 cm³/mol. The molecule has 3 rings (SSSR count). The fourth-order valence-electron chi connectivity index (χ4n) is 4.24. The third-order valence-corrected chi connectivity index (χ3v) is 5.78. The normalized spacial score (nSPS) is 24.3. The molecular formula is C22H33N3O. The summed E-state index contributed by atoms with van der Waals surface area (Å²) in [6.07, 6.45) is 6.79. The SMILES string of the molecule is CCC1CN(C(=NC)NCCC2=CCOCC2)CCC1c1ccccc1. The molecule has 0 bridgehead atoms. The van der Waals surface area contributed by atoms with Crippen molar-refractivity contribution >= 4 is 5.96 Å². The summed E-state index contributed by atoms with van der Waals surface area (Å²) in [6, 6.07) is 11.0. The third kappa shape index (κ3) is 4.88. The Labute approximate surface area is 158 Å². The van der Waals surface area contributed by atoms with E-state index in [-0.39, 0.29) is 0 Å². The molecule has 1 N–H and O–H groups in total. The summed E-state index contributed by atoms with van der Waals surface area (Å²) in [5.74, 6) is 2.41. The highest BCUT2D eigenvalue weighted by molar-refractivity contribution is 5.80. The molecule has 2 heterocycles. The largest absolute Gasteiger partial charge is 0.377 e. The summed E-state index contributed by atoms with van der Waals surface area (Å²) in [6.45, 7) is 7.07. The maximum absolute atomic E-state index is 5.39. The lowest BCUT2D eigenvalue weighted by Crippen LogP contribution is -2.48. The number of guanidine groups is 1. The van der Waals surface area contributed by atoms with E-state index in [0.717, 1.165) is 51.6 Å². The molecule has 2 atom stereocenters. The standard InChI is InChI=1S/C22H33N3O/c1-3-19-17-25(14-10-21(19)20-7-5-4-6-8-20)22(23-2)24-13-9-18-11-15-26-16-12-18/h4-8,11,19,21H,3,9-10,12-17H2,1-2H3,(H,23,24). The van der Waals surface area contributed by atoms with Crippen LogP contribution in [-0.2, 0) is 4.74 Å². The van der Waals surface area contributed by atoms with Crippen LogP contribution in [0, 0.1) is 5.92 Å². The average Bonchev–Trinajstić information content (AvgIpc) is 2.72. The number of nitrogens with zero attached hydrogens (tertiary/aromatic N) is 2. The van der Waals surface area contributed by atoms with Crippen molar-refractivity contribution < 1.29 is 4.74 Å². The molecule has 26 heavy (non-hydrogen) atoms. The van der Waals surface area contributed by atoms with Gasteiger partial charge in [-0.2, -0.15) is 0 Å². The molecule has 2 unspecified atom stereocenters. The van der Waals surface area contributed by atoms with Gasteiger partial charge >= 0.3 is 0 Å². The molecule has 0 saturated carbocycles. The van der Waals surface area contributed by atoms with Crippen molar-refractivity contribution in [3.8, 4) is 0 Å². The zero-order chi connectivity index (χ0) is 18.2. The van der Waals surface area contributed by atoms with Crippen molar-refractivity contribution in [2.45, 2.75) is 38.5 Å². The van der Waals surface area contributed by atoms with Gasteiger partial charge in [0.25, 0.3) is 0 Å². The highest BCUT2D eigenvalue weighted by Gasteiger charge is 2.30. The minimum absolute atomic E-state index is 0.669. The summed E-state index contributed by atoms with van der Waals surface area (Å²) in [5.41, 5.74) is 3.00. The van der Waals surface area contributed by atoms with Gasteiger partial charge in [0.05, 0.1) is 13.2 Å². The number of hydrogen-bond acceptors (Lipinski definition) is 2. The van der Waals surface area contributed by atoms with Crippen LogP contribution in [0.25, 0.3) is 0 Å². The first-order valence-electron chi connectivity index (χ1n) is 10.1. The fourth-order valence-corrected chi connectivity index (χ4v) is 4.24. The Balaban J connectivity index is 1.54. The van der Waals surface area contributed by atoms with E-state index in [4.69, 9.17) is 4.74 Å². The van der Waals surface area contributed by atoms with Crippen LogP contribution in [-0.4, -0.2) is 50.8 Å². The molecule has 4 nitrogen and oxygen atoms in total. The first kappa shape index (κ1) is 19.0. The van der Waals surface area contributed by atoms with Gasteiger partial charge in [-0.25, -0.2) is 0 Å². The molecule has 0 aliphatic carbocycles. The van der Waals surface area contributed by atoms with Crippen molar-refractivity contribution in [3.63, 3.8) is 0 Å². The van der Waals surface area contributed by atoms with Crippen LogP contribution in [0.15, 0.2) is 47.0 Å². The van der Waals surface area contributed by atoms with Gasteiger partial charge in [-0.05, 0) is 36.7 Å². The van der Waals surface area contributed by atoms with Crippen molar-refractivity contribution in [1.29, 1.82) is 0 Å². The van der Waals surface area contributed by atoms with Gasteiger partial charge in [0.15, 0.2) is 5.96 Å². The highest BCUT2D eigenvalue weighted by atomic mass is 16.5. The van der Waals surface area contributed by atoms with Crippen LogP contribution in [0.3, 0.4) is 0 Å². The predicted octanol–water partition coefficient (Wildman–Crippen LogP) is 3.81. The van der Waals surface area contributed by atoms with Gasteiger partial charge in [-0.15, -0.1) is 0 Å². The maximum Gasteiger partial charge on any atom is 0.193 e. The third-order valence-electron chi connectivity index (χ3n) is 5.78. The number of benzene rings is 1. The van der Waals surface area contributed by atoms with Gasteiger partial charge in [-0.1, -0.05) is 55.3 Å². The highest BCUT2D eigenvalue weighted by Crippen LogP contribution is 2.34. The van der Waals surface area contributed by atoms with Crippen molar-refractivity contribution in [2.75, 3.05) is 39.9 Å². The molecule has 2 aliphatic heterocycles. The van der Waals surface area contributed by atoms with E-state index in [9.17, 15) is 0 Å². The van der Waals surface area contributed by atoms with Crippen molar-refractivity contribution in [3.05, 3.63) is 47.5 Å². The van der Waals surface area contributed by atoms with Crippen LogP contribution in [0.2, 0.25) is 0 Å². The second-order valence-corrected chi connectivity index (χ2v) is 7.33. The Morgan fingerprint density at radius 1 is 1.31 bits per heavy atom. The Morgan fingerprint density at radius 3 is 2.85 bits per heavy atom. The second kappa shape index (κ2) is 9.77. The number of piperidine rings is 1. The summed E-state index contributed by atoms with van der Waals surface area (Å²) in [5, 5.41) is 3.58. The van der Waals surface area contributed by atoms with E-state index in [1.165, 1.54) is 24.0 Å². The monoisotopic (exact) mass is 355 g/mol. The molecule has 4 heteroatoms. The van der Waals surface area contributed by atoms with E-state index in [0.29, 0.717) is 11.8 Å². The van der Waals surface area contributed by atoms with Crippen molar-refractivity contribution in [1.82, 2.24) is 10.2 Å². The lowest BCUT2D eigenvalue weighted by Gasteiger charge is -2.40. The van der Waals surface area contributed by atoms with Crippen LogP contribution in [0.1, 0.15) is 44.1 Å². The minimum atomic E-state index is 0.669. The fraction of sp³-hybridized carbons (Fsp3) is 0.591. The summed E-state index contributed by atoms with van der Waals surface area (Å²) >= 11 is 0. The molecule has 142 valence electrons. The summed E-state index contributed by atoms with van der Waals surface area (Å²) < 4.78 is 5.39. The lowest BCUT2D eigenvalue weighted by atomic mass is 9.79. The van der Waals surface area contributed by atoms with Crippen molar-refractivity contribution in [2.24, 2.45) is 10.9 Å². The molecule has 0 spiro atoms. The number of rotatable bonds is 5. The van der Waals surface area contributed by atoms with Gasteiger partial charge in [-0.3, -0.25) is 4.99 Å². The van der Waals surface area contributed by atoms with Crippen LogP contribution in [0.4, 0.5) is 0 Å². The van der Waals surface area contributed by atoms with E-state index in [2.05, 4.69) is 58.5 Å². The zero-order valence-electron chi connectivity index (χ0n) is 16.3. The number of ether oxygens (including phenoxy) is 1. The Kier molecular flexibility index (Phi) is 7.13. The molecule has 1 saturated heterocycles. The van der Waals surface area contributed by atoms with Gasteiger partial charge in [0.2, 0.25) is 0 Å². The quantitative estimate of drug-likeness (QED) is 0.496. The first-order chi connectivity index (χ1) is 12.8. The summed E-state index contributed by atoms with van der Waals surface area (Å²) in [4.78, 5) is 7.00. The molecule has 1 aromatic rings. The van der Waals surface area contributed by atoms with E-state index in [1.807, 2.05) is 7.05 Å². The molecule has 2 aliphatic rings. The number of likely N-dealkylation sites (tertiary alicyclic amines) is 1. The Morgan fingerprint density at radius 2 is 2.15 bits per heavy atom. The van der Waals surface area contributed by atoms with E-state index >= 15 is 0 Å². The van der Waals surface area contributed by atoms with Gasteiger partial charge < -0.3 is 15.0 Å². The molecule has 0 amide bonds. The first-order valence-corrected chi connectivity index (χ1v) is 10.1. The van der Waals surface area contributed by atoms with E-state index < -0.39 is 0 Å². The number of hydrogen-bond donors (Lipinski definition) is 1. The number of aliphatic imine (C=N–C) groups is 1. The van der Waals surface area contributed by atoms with Gasteiger partial charge in [0.1, 0.15) is 0 Å². The van der Waals surface area contributed by atoms with Crippen LogP contribution >= 0.6 is 0 Å². The molecule has 1 fully saturated rings.